The molecule has 51 heavy (non-hydrogen) atoms. The van der Waals surface area contributed by atoms with Crippen molar-refractivity contribution >= 4 is 19.8 Å². The van der Waals surface area contributed by atoms with Crippen LogP contribution in [0, 0.1) is 0 Å². The normalized spacial score (nSPS) is 13.9. The summed E-state index contributed by atoms with van der Waals surface area (Å²) in [5.41, 5.74) is 0. The minimum Gasteiger partial charge on any atom is -0.756 e. The van der Waals surface area contributed by atoms with Crippen molar-refractivity contribution in [2.45, 2.75) is 180 Å². The second-order valence-corrected chi connectivity index (χ2v) is 16.4. The lowest BCUT2D eigenvalue weighted by atomic mass is 10.1. The summed E-state index contributed by atoms with van der Waals surface area (Å²) in [4.78, 5) is 37.3. The van der Waals surface area contributed by atoms with Gasteiger partial charge in [0.1, 0.15) is 19.8 Å². The van der Waals surface area contributed by atoms with Gasteiger partial charge in [0.2, 0.25) is 0 Å². The molecule has 0 N–H and O–H groups in total. The summed E-state index contributed by atoms with van der Waals surface area (Å²) >= 11 is 0. The second-order valence-electron chi connectivity index (χ2n) is 15.0. The third-order valence-corrected chi connectivity index (χ3v) is 9.69. The quantitative estimate of drug-likeness (QED) is 0.0203. The molecule has 300 valence electrons. The summed E-state index contributed by atoms with van der Waals surface area (Å²) in [7, 11) is 1.16. The van der Waals surface area contributed by atoms with Gasteiger partial charge >= 0.3 is 11.9 Å². The molecule has 0 aromatic rings. The first-order chi connectivity index (χ1) is 24.5. The van der Waals surface area contributed by atoms with Crippen LogP contribution in [-0.2, 0) is 32.7 Å². The summed E-state index contributed by atoms with van der Waals surface area (Å²) in [5.74, 6) is -0.841. The van der Waals surface area contributed by atoms with Crippen LogP contribution in [0.2, 0.25) is 0 Å². The van der Waals surface area contributed by atoms with E-state index in [1.807, 2.05) is 21.1 Å². The minimum absolute atomic E-state index is 0.0303. The lowest BCUT2D eigenvalue weighted by Crippen LogP contribution is -2.37. The minimum atomic E-state index is -4.61. The van der Waals surface area contributed by atoms with Crippen LogP contribution in [0.25, 0.3) is 0 Å². The average Bonchev–Trinajstić information content (AvgIpc) is 3.07. The van der Waals surface area contributed by atoms with Crippen LogP contribution >= 0.6 is 7.82 Å². The van der Waals surface area contributed by atoms with Crippen LogP contribution in [0.1, 0.15) is 174 Å². The Morgan fingerprint density at radius 1 is 0.608 bits per heavy atom. The maximum atomic E-state index is 12.6. The van der Waals surface area contributed by atoms with E-state index in [0.29, 0.717) is 17.4 Å². The van der Waals surface area contributed by atoms with Crippen molar-refractivity contribution in [3.8, 4) is 0 Å². The molecule has 0 heterocycles. The molecule has 0 aliphatic carbocycles. The van der Waals surface area contributed by atoms with Crippen LogP contribution in [0.15, 0.2) is 24.3 Å². The molecule has 0 fully saturated rings. The smallest absolute Gasteiger partial charge is 0.306 e. The van der Waals surface area contributed by atoms with Crippen LogP contribution in [-0.4, -0.2) is 70.0 Å². The highest BCUT2D eigenvalue weighted by molar-refractivity contribution is 7.45. The Bertz CT molecular complexity index is 933. The highest BCUT2D eigenvalue weighted by Crippen LogP contribution is 2.38. The van der Waals surface area contributed by atoms with Crippen molar-refractivity contribution in [3.05, 3.63) is 24.3 Å². The first-order valence-electron chi connectivity index (χ1n) is 20.5. The van der Waals surface area contributed by atoms with Crippen molar-refractivity contribution in [2.24, 2.45) is 0 Å². The number of ether oxygens (including phenoxy) is 2. The molecular formula is C41H78NO8P. The summed E-state index contributed by atoms with van der Waals surface area (Å²) in [6.45, 7) is 4.16. The van der Waals surface area contributed by atoms with Crippen LogP contribution < -0.4 is 4.89 Å². The molecular weight excluding hydrogens is 665 g/mol. The Hall–Kier alpha value is -1.51. The number of unbranched alkanes of at least 4 members (excludes halogenated alkanes) is 19. The van der Waals surface area contributed by atoms with Gasteiger partial charge in [0.05, 0.1) is 27.7 Å². The molecule has 0 aromatic heterocycles. The lowest BCUT2D eigenvalue weighted by molar-refractivity contribution is -0.870. The third-order valence-electron chi connectivity index (χ3n) is 8.72. The van der Waals surface area contributed by atoms with E-state index < -0.39 is 26.5 Å². The second kappa shape index (κ2) is 34.3. The lowest BCUT2D eigenvalue weighted by Gasteiger charge is -2.28. The SMILES string of the molecule is CCCCC/C=C\C/C=C\CCCCCCCCCCCC(=O)OC(COC(=O)CCCCCCCCCC)COP(=O)([O-])OCC[N+](C)(C)C. The number of quaternary nitrogens is 1. The van der Waals surface area contributed by atoms with E-state index in [9.17, 15) is 19.0 Å². The number of allylic oxidation sites excluding steroid dienone is 4. The number of likely N-dealkylation sites (N-methyl/N-ethyl adjacent to an activating group) is 1. The van der Waals surface area contributed by atoms with Crippen molar-refractivity contribution in [3.63, 3.8) is 0 Å². The van der Waals surface area contributed by atoms with Gasteiger partial charge < -0.3 is 27.9 Å². The van der Waals surface area contributed by atoms with Crippen molar-refractivity contribution < 1.29 is 42.1 Å². The predicted molar refractivity (Wildman–Crippen MR) is 208 cm³/mol. The van der Waals surface area contributed by atoms with E-state index in [1.54, 1.807) is 0 Å². The highest BCUT2D eigenvalue weighted by atomic mass is 31.2. The highest BCUT2D eigenvalue weighted by Gasteiger charge is 2.21. The molecule has 0 amide bonds. The van der Waals surface area contributed by atoms with Gasteiger partial charge in [-0.15, -0.1) is 0 Å². The molecule has 10 heteroatoms. The van der Waals surface area contributed by atoms with E-state index in [-0.39, 0.29) is 32.0 Å². The molecule has 0 rings (SSSR count). The van der Waals surface area contributed by atoms with Gasteiger partial charge in [-0.05, 0) is 44.9 Å². The summed E-state index contributed by atoms with van der Waals surface area (Å²) in [5, 5.41) is 0. The van der Waals surface area contributed by atoms with Gasteiger partial charge in [-0.3, -0.25) is 14.2 Å². The number of rotatable bonds is 37. The Morgan fingerprint density at radius 2 is 1.06 bits per heavy atom. The molecule has 0 radical (unpaired) electrons. The predicted octanol–water partition coefficient (Wildman–Crippen LogP) is 10.6. The van der Waals surface area contributed by atoms with Crippen LogP contribution in [0.5, 0.6) is 0 Å². The van der Waals surface area contributed by atoms with Gasteiger partial charge in [0, 0.05) is 12.8 Å². The molecule has 0 spiro atoms. The zero-order chi connectivity index (χ0) is 37.9. The van der Waals surface area contributed by atoms with Crippen molar-refractivity contribution in [1.82, 2.24) is 0 Å². The molecule has 2 unspecified atom stereocenters. The van der Waals surface area contributed by atoms with Gasteiger partial charge in [-0.2, -0.15) is 0 Å². The number of carbonyl (C=O) groups is 2. The van der Waals surface area contributed by atoms with E-state index >= 15 is 0 Å². The number of esters is 2. The van der Waals surface area contributed by atoms with E-state index in [4.69, 9.17) is 18.5 Å². The molecule has 0 saturated carbocycles. The maximum Gasteiger partial charge on any atom is 0.306 e. The molecule has 0 bridgehead atoms. The molecule has 0 aliphatic heterocycles. The fourth-order valence-electron chi connectivity index (χ4n) is 5.45. The zero-order valence-electron chi connectivity index (χ0n) is 33.6. The van der Waals surface area contributed by atoms with E-state index in [1.165, 1.54) is 89.9 Å². The van der Waals surface area contributed by atoms with Gasteiger partial charge in [-0.25, -0.2) is 0 Å². The summed E-state index contributed by atoms with van der Waals surface area (Å²) < 4.78 is 33.7. The standard InChI is InChI=1S/C41H78NO8P/c1-6-8-10-12-14-16-17-18-19-20-21-22-23-24-25-26-28-30-32-34-41(44)50-39(38-49-51(45,46)48-36-35-42(3,4)5)37-47-40(43)33-31-29-27-15-13-11-9-7-2/h14,16,18-19,39H,6-13,15,17,20-38H2,1-5H3/b16-14-,19-18-. The van der Waals surface area contributed by atoms with Gasteiger partial charge in [0.25, 0.3) is 7.82 Å². The monoisotopic (exact) mass is 744 g/mol. The Labute approximate surface area is 313 Å². The fourth-order valence-corrected chi connectivity index (χ4v) is 6.18. The van der Waals surface area contributed by atoms with E-state index in [0.717, 1.165) is 51.4 Å². The fraction of sp³-hybridized carbons (Fsp3) is 0.854. The van der Waals surface area contributed by atoms with Crippen LogP contribution in [0.4, 0.5) is 0 Å². The largest absolute Gasteiger partial charge is 0.756 e. The summed E-state index contributed by atoms with van der Waals surface area (Å²) in [6.07, 6.45) is 35.0. The number of phosphoric acid groups is 1. The number of carbonyl (C=O) groups excluding carboxylic acids is 2. The number of phosphoric ester groups is 1. The average molecular weight is 744 g/mol. The third kappa shape index (κ3) is 38.0. The number of nitrogens with zero attached hydrogens (tertiary/aromatic N) is 1. The Morgan fingerprint density at radius 3 is 1.59 bits per heavy atom. The first kappa shape index (κ1) is 49.5. The van der Waals surface area contributed by atoms with Gasteiger partial charge in [0.15, 0.2) is 6.10 Å². The number of hydrogen-bond donors (Lipinski definition) is 0. The van der Waals surface area contributed by atoms with Crippen LogP contribution in [0.3, 0.4) is 0 Å². The van der Waals surface area contributed by atoms with Crippen molar-refractivity contribution in [2.75, 3.05) is 47.5 Å². The molecule has 0 saturated heterocycles. The molecule has 0 aromatic carbocycles. The summed E-state index contributed by atoms with van der Waals surface area (Å²) in [6, 6.07) is 0. The van der Waals surface area contributed by atoms with Crippen molar-refractivity contribution in [1.29, 1.82) is 0 Å². The van der Waals surface area contributed by atoms with E-state index in [2.05, 4.69) is 38.2 Å². The molecule has 0 aliphatic rings. The first-order valence-corrected chi connectivity index (χ1v) is 22.0. The molecule has 2 atom stereocenters. The maximum absolute atomic E-state index is 12.6. The number of hydrogen-bond acceptors (Lipinski definition) is 8. The Balaban J connectivity index is 4.30. The Kier molecular flexibility index (Phi) is 33.3. The topological polar surface area (TPSA) is 111 Å². The van der Waals surface area contributed by atoms with Gasteiger partial charge in [-0.1, -0.05) is 141 Å². The molecule has 9 nitrogen and oxygen atoms in total. The zero-order valence-corrected chi connectivity index (χ0v) is 34.4.